The molecule has 100 valence electrons. The lowest BCUT2D eigenvalue weighted by atomic mass is 9.97. The molecule has 2 unspecified atom stereocenters. The summed E-state index contributed by atoms with van der Waals surface area (Å²) >= 11 is 6.28. The molecule has 2 atom stereocenters. The van der Waals surface area contributed by atoms with Crippen molar-refractivity contribution in [1.82, 2.24) is 0 Å². The van der Waals surface area contributed by atoms with Crippen LogP contribution in [0.15, 0.2) is 12.1 Å². The van der Waals surface area contributed by atoms with Crippen LogP contribution in [0.25, 0.3) is 0 Å². The van der Waals surface area contributed by atoms with Gasteiger partial charge in [-0.1, -0.05) is 25.4 Å². The third-order valence-corrected chi connectivity index (χ3v) is 4.21. The molecule has 0 bridgehead atoms. The Morgan fingerprint density at radius 2 is 1.78 bits per heavy atom. The molecule has 0 saturated heterocycles. The van der Waals surface area contributed by atoms with Crippen molar-refractivity contribution in [3.8, 4) is 11.5 Å². The number of nitrogens with two attached hydrogens (primary N) is 1. The zero-order chi connectivity index (χ0) is 13.5. The summed E-state index contributed by atoms with van der Waals surface area (Å²) in [5, 5.41) is 0.642. The van der Waals surface area contributed by atoms with E-state index in [4.69, 9.17) is 26.8 Å². The van der Waals surface area contributed by atoms with Crippen LogP contribution in [0.4, 0.5) is 0 Å². The van der Waals surface area contributed by atoms with Crippen molar-refractivity contribution >= 4 is 11.6 Å². The zero-order valence-electron chi connectivity index (χ0n) is 11.3. The van der Waals surface area contributed by atoms with Gasteiger partial charge < -0.3 is 15.2 Å². The van der Waals surface area contributed by atoms with Crippen LogP contribution >= 0.6 is 11.6 Å². The van der Waals surface area contributed by atoms with E-state index in [9.17, 15) is 0 Å². The number of methoxy groups -OCH3 is 2. The van der Waals surface area contributed by atoms with Crippen LogP contribution < -0.4 is 15.2 Å². The third kappa shape index (κ3) is 2.29. The van der Waals surface area contributed by atoms with E-state index in [1.54, 1.807) is 20.3 Å². The highest BCUT2D eigenvalue weighted by Crippen LogP contribution is 2.57. The molecular weight excluding hydrogens is 250 g/mol. The molecule has 0 spiro atoms. The molecule has 0 aromatic heterocycles. The van der Waals surface area contributed by atoms with E-state index in [1.165, 1.54) is 0 Å². The quantitative estimate of drug-likeness (QED) is 0.911. The average Bonchev–Trinajstić information content (AvgIpc) is 2.97. The fourth-order valence-corrected chi connectivity index (χ4v) is 2.74. The molecule has 0 amide bonds. The molecule has 18 heavy (non-hydrogen) atoms. The number of rotatable bonds is 4. The lowest BCUT2D eigenvalue weighted by Gasteiger charge is -2.18. The first-order chi connectivity index (χ1) is 8.40. The molecule has 2 N–H and O–H groups in total. The Morgan fingerprint density at radius 1 is 1.28 bits per heavy atom. The Labute approximate surface area is 113 Å². The summed E-state index contributed by atoms with van der Waals surface area (Å²) in [5.41, 5.74) is 7.56. The van der Waals surface area contributed by atoms with Gasteiger partial charge in [-0.3, -0.25) is 0 Å². The van der Waals surface area contributed by atoms with Gasteiger partial charge in [0.15, 0.2) is 11.5 Å². The standard InChI is InChI=1S/C14H20ClNO2/c1-14(2)7-9(14)13(16)8-5-11(17-3)12(18-4)6-10(8)15/h5-6,9,13H,7,16H2,1-4H3. The fraction of sp³-hybridized carbons (Fsp3) is 0.571. The van der Waals surface area contributed by atoms with Crippen LogP contribution in [-0.2, 0) is 0 Å². The van der Waals surface area contributed by atoms with Gasteiger partial charge >= 0.3 is 0 Å². The fourth-order valence-electron chi connectivity index (χ4n) is 2.46. The van der Waals surface area contributed by atoms with Crippen LogP contribution in [0.1, 0.15) is 31.9 Å². The molecule has 1 aromatic carbocycles. The minimum absolute atomic E-state index is 0.0488. The largest absolute Gasteiger partial charge is 0.493 e. The van der Waals surface area contributed by atoms with Gasteiger partial charge in [-0.15, -0.1) is 0 Å². The van der Waals surface area contributed by atoms with Gasteiger partial charge in [-0.25, -0.2) is 0 Å². The maximum Gasteiger partial charge on any atom is 0.162 e. The van der Waals surface area contributed by atoms with Gasteiger partial charge in [0.2, 0.25) is 0 Å². The summed E-state index contributed by atoms with van der Waals surface area (Å²) in [6.07, 6.45) is 1.14. The molecule has 1 aliphatic carbocycles. The number of halogens is 1. The summed E-state index contributed by atoms with van der Waals surface area (Å²) in [6.45, 7) is 4.46. The SMILES string of the molecule is COc1cc(Cl)c(C(N)C2CC2(C)C)cc1OC. The molecule has 1 aromatic rings. The molecule has 1 fully saturated rings. The van der Waals surface area contributed by atoms with E-state index >= 15 is 0 Å². The van der Waals surface area contributed by atoms with Crippen molar-refractivity contribution in [2.75, 3.05) is 14.2 Å². The Kier molecular flexibility index (Phi) is 3.47. The molecule has 1 saturated carbocycles. The molecular formula is C14H20ClNO2. The monoisotopic (exact) mass is 269 g/mol. The second-order valence-corrected chi connectivity index (χ2v) is 5.96. The maximum absolute atomic E-state index is 6.31. The van der Waals surface area contributed by atoms with Crippen molar-refractivity contribution in [1.29, 1.82) is 0 Å². The smallest absolute Gasteiger partial charge is 0.162 e. The third-order valence-electron chi connectivity index (χ3n) is 3.89. The minimum atomic E-state index is -0.0488. The summed E-state index contributed by atoms with van der Waals surface area (Å²) < 4.78 is 10.5. The molecule has 1 aliphatic rings. The second-order valence-electron chi connectivity index (χ2n) is 5.55. The van der Waals surface area contributed by atoms with E-state index in [2.05, 4.69) is 13.8 Å². The maximum atomic E-state index is 6.31. The molecule has 4 heteroatoms. The van der Waals surface area contributed by atoms with Gasteiger partial charge in [-0.2, -0.15) is 0 Å². The molecule has 0 radical (unpaired) electrons. The molecule has 0 aliphatic heterocycles. The van der Waals surface area contributed by atoms with E-state index in [0.717, 1.165) is 12.0 Å². The lowest BCUT2D eigenvalue weighted by Crippen LogP contribution is -2.16. The Balaban J connectivity index is 2.33. The van der Waals surface area contributed by atoms with Gasteiger partial charge in [0.25, 0.3) is 0 Å². The first-order valence-corrected chi connectivity index (χ1v) is 6.45. The normalized spacial score (nSPS) is 22.4. The lowest BCUT2D eigenvalue weighted by molar-refractivity contribution is 0.353. The predicted octanol–water partition coefficient (Wildman–Crippen LogP) is 3.40. The van der Waals surface area contributed by atoms with E-state index in [0.29, 0.717) is 27.9 Å². The number of hydrogen-bond donors (Lipinski definition) is 1. The molecule has 2 rings (SSSR count). The van der Waals surface area contributed by atoms with Crippen molar-refractivity contribution < 1.29 is 9.47 Å². The van der Waals surface area contributed by atoms with E-state index in [-0.39, 0.29) is 6.04 Å². The Bertz CT molecular complexity index is 459. The van der Waals surface area contributed by atoms with Crippen LogP contribution in [-0.4, -0.2) is 14.2 Å². The first kappa shape index (κ1) is 13.5. The van der Waals surface area contributed by atoms with Crippen molar-refractivity contribution in [2.45, 2.75) is 26.3 Å². The van der Waals surface area contributed by atoms with Gasteiger partial charge in [0.1, 0.15) is 0 Å². The highest BCUT2D eigenvalue weighted by molar-refractivity contribution is 6.31. The summed E-state index contributed by atoms with van der Waals surface area (Å²) in [7, 11) is 3.21. The first-order valence-electron chi connectivity index (χ1n) is 6.07. The highest BCUT2D eigenvalue weighted by Gasteiger charge is 2.49. The Hall–Kier alpha value is -0.930. The van der Waals surface area contributed by atoms with E-state index in [1.807, 2.05) is 6.07 Å². The highest BCUT2D eigenvalue weighted by atomic mass is 35.5. The van der Waals surface area contributed by atoms with E-state index < -0.39 is 0 Å². The van der Waals surface area contributed by atoms with Gasteiger partial charge in [0.05, 0.1) is 14.2 Å². The number of benzene rings is 1. The molecule has 0 heterocycles. The van der Waals surface area contributed by atoms with Gasteiger partial charge in [0, 0.05) is 17.1 Å². The summed E-state index contributed by atoms with van der Waals surface area (Å²) in [6, 6.07) is 3.61. The topological polar surface area (TPSA) is 44.5 Å². The summed E-state index contributed by atoms with van der Waals surface area (Å²) in [5.74, 6) is 1.78. The van der Waals surface area contributed by atoms with Crippen LogP contribution in [0, 0.1) is 11.3 Å². The average molecular weight is 270 g/mol. The summed E-state index contributed by atoms with van der Waals surface area (Å²) in [4.78, 5) is 0. The minimum Gasteiger partial charge on any atom is -0.493 e. The second kappa shape index (κ2) is 4.63. The molecule has 3 nitrogen and oxygen atoms in total. The predicted molar refractivity (Wildman–Crippen MR) is 73.4 cm³/mol. The van der Waals surface area contributed by atoms with Gasteiger partial charge in [-0.05, 0) is 29.4 Å². The van der Waals surface area contributed by atoms with Crippen molar-refractivity contribution in [2.24, 2.45) is 17.1 Å². The van der Waals surface area contributed by atoms with Crippen LogP contribution in [0.3, 0.4) is 0 Å². The van der Waals surface area contributed by atoms with Crippen LogP contribution in [0.2, 0.25) is 5.02 Å². The number of hydrogen-bond acceptors (Lipinski definition) is 3. The van der Waals surface area contributed by atoms with Crippen molar-refractivity contribution in [3.63, 3.8) is 0 Å². The van der Waals surface area contributed by atoms with Crippen molar-refractivity contribution in [3.05, 3.63) is 22.7 Å². The Morgan fingerprint density at radius 3 is 2.22 bits per heavy atom. The zero-order valence-corrected chi connectivity index (χ0v) is 12.0. The number of ether oxygens (including phenoxy) is 2. The van der Waals surface area contributed by atoms with Crippen LogP contribution in [0.5, 0.6) is 11.5 Å².